The monoisotopic (exact) mass is 406 g/mol. The molecule has 1 amide bonds. The van der Waals surface area contributed by atoms with Gasteiger partial charge in [-0.1, -0.05) is 42.5 Å². The smallest absolute Gasteiger partial charge is 0.258 e. The first-order valence-corrected chi connectivity index (χ1v) is 9.23. The zero-order chi connectivity index (χ0) is 19.7. The Balaban J connectivity index is 0.00000392. The molecule has 0 radical (unpaired) electrons. The van der Waals surface area contributed by atoms with Gasteiger partial charge in [0.15, 0.2) is 18.1 Å². The number of carbonyl (C=O) groups excluding carboxylic acids is 1. The first kappa shape index (κ1) is 23.8. The Morgan fingerprint density at radius 3 is 2.39 bits per heavy atom. The average molecular weight is 407 g/mol. The molecule has 0 aliphatic carbocycles. The van der Waals surface area contributed by atoms with Crippen LogP contribution >= 0.6 is 12.4 Å². The van der Waals surface area contributed by atoms with E-state index in [1.165, 1.54) is 5.56 Å². The van der Waals surface area contributed by atoms with Crippen molar-refractivity contribution < 1.29 is 14.3 Å². The summed E-state index contributed by atoms with van der Waals surface area (Å²) in [6, 6.07) is 16.1. The second kappa shape index (κ2) is 11.6. The second-order valence-electron chi connectivity index (χ2n) is 7.45. The van der Waals surface area contributed by atoms with Gasteiger partial charge in [0.2, 0.25) is 0 Å². The van der Waals surface area contributed by atoms with E-state index in [4.69, 9.17) is 9.47 Å². The number of para-hydroxylation sites is 1. The van der Waals surface area contributed by atoms with Gasteiger partial charge < -0.3 is 20.1 Å². The van der Waals surface area contributed by atoms with Crippen molar-refractivity contribution in [2.45, 2.75) is 39.3 Å². The fourth-order valence-corrected chi connectivity index (χ4v) is 2.72. The van der Waals surface area contributed by atoms with Crippen LogP contribution in [0, 0.1) is 0 Å². The molecule has 0 aliphatic rings. The van der Waals surface area contributed by atoms with Gasteiger partial charge in [0.05, 0.1) is 7.11 Å². The molecule has 0 bridgehead atoms. The number of carbonyl (C=O) groups is 1. The highest BCUT2D eigenvalue weighted by atomic mass is 35.5. The number of rotatable bonds is 9. The van der Waals surface area contributed by atoms with Crippen molar-refractivity contribution in [3.8, 4) is 11.5 Å². The third kappa shape index (κ3) is 8.19. The van der Waals surface area contributed by atoms with Crippen molar-refractivity contribution in [2.75, 3.05) is 20.3 Å². The Hall–Kier alpha value is -2.24. The van der Waals surface area contributed by atoms with Gasteiger partial charge in [0, 0.05) is 17.6 Å². The van der Waals surface area contributed by atoms with Crippen LogP contribution in [0.15, 0.2) is 48.5 Å². The zero-order valence-electron chi connectivity index (χ0n) is 17.1. The average Bonchev–Trinajstić information content (AvgIpc) is 2.63. The number of methoxy groups -OCH3 is 1. The van der Waals surface area contributed by atoms with Crippen molar-refractivity contribution in [1.29, 1.82) is 0 Å². The van der Waals surface area contributed by atoms with Crippen LogP contribution in [0.2, 0.25) is 0 Å². The molecule has 0 saturated carbocycles. The summed E-state index contributed by atoms with van der Waals surface area (Å²) in [6.45, 7) is 7.27. The molecule has 2 aromatic rings. The van der Waals surface area contributed by atoms with Crippen LogP contribution < -0.4 is 20.1 Å². The second-order valence-corrected chi connectivity index (χ2v) is 7.45. The molecule has 0 unspecified atom stereocenters. The fourth-order valence-electron chi connectivity index (χ4n) is 2.72. The highest BCUT2D eigenvalue weighted by Gasteiger charge is 2.16. The molecule has 2 aromatic carbocycles. The van der Waals surface area contributed by atoms with Crippen LogP contribution in [-0.4, -0.2) is 31.7 Å². The maximum Gasteiger partial charge on any atom is 0.258 e. The van der Waals surface area contributed by atoms with Crippen LogP contribution in [0.1, 0.15) is 31.9 Å². The first-order chi connectivity index (χ1) is 12.9. The summed E-state index contributed by atoms with van der Waals surface area (Å²) in [5.74, 6) is 1.08. The van der Waals surface area contributed by atoms with Crippen LogP contribution in [0.5, 0.6) is 11.5 Å². The molecular weight excluding hydrogens is 376 g/mol. The van der Waals surface area contributed by atoms with E-state index in [0.717, 1.165) is 18.5 Å². The van der Waals surface area contributed by atoms with E-state index in [9.17, 15) is 4.79 Å². The molecule has 0 heterocycles. The maximum atomic E-state index is 12.1. The largest absolute Gasteiger partial charge is 0.493 e. The summed E-state index contributed by atoms with van der Waals surface area (Å²) in [6.07, 6.45) is 0.953. The van der Waals surface area contributed by atoms with Gasteiger partial charge in [0.25, 0.3) is 5.91 Å². The SMILES string of the molecule is COc1cccc(CNCCc2ccccc2)c1OCC(=O)NC(C)(C)C.Cl. The Bertz CT molecular complexity index is 730. The molecule has 6 heteroatoms. The molecule has 0 fully saturated rings. The molecular formula is C22H31ClN2O3. The minimum absolute atomic E-state index is 0. The molecule has 0 aliphatic heterocycles. The highest BCUT2D eigenvalue weighted by molar-refractivity contribution is 5.85. The van der Waals surface area contributed by atoms with Crippen molar-refractivity contribution >= 4 is 18.3 Å². The summed E-state index contributed by atoms with van der Waals surface area (Å²) in [5, 5.41) is 6.33. The van der Waals surface area contributed by atoms with E-state index in [2.05, 4.69) is 22.8 Å². The Labute approximate surface area is 174 Å². The molecule has 0 aromatic heterocycles. The van der Waals surface area contributed by atoms with E-state index in [0.29, 0.717) is 18.0 Å². The van der Waals surface area contributed by atoms with E-state index in [-0.39, 0.29) is 30.5 Å². The van der Waals surface area contributed by atoms with Crippen LogP contribution in [0.4, 0.5) is 0 Å². The number of benzene rings is 2. The third-order valence-corrected chi connectivity index (χ3v) is 3.89. The quantitative estimate of drug-likeness (QED) is 0.623. The summed E-state index contributed by atoms with van der Waals surface area (Å²) in [4.78, 5) is 12.1. The molecule has 5 nitrogen and oxygen atoms in total. The summed E-state index contributed by atoms with van der Waals surface area (Å²) >= 11 is 0. The Kier molecular flexibility index (Phi) is 9.83. The fraction of sp³-hybridized carbons (Fsp3) is 0.409. The lowest BCUT2D eigenvalue weighted by atomic mass is 10.1. The standard InChI is InChI=1S/C22H30N2O3.ClH/c1-22(2,3)24-20(25)16-27-21-18(11-8-12-19(21)26-4)15-23-14-13-17-9-6-5-7-10-17;/h5-12,23H,13-16H2,1-4H3,(H,24,25);1H. The number of hydrogen-bond acceptors (Lipinski definition) is 4. The van der Waals surface area contributed by atoms with Gasteiger partial charge in [-0.2, -0.15) is 0 Å². The third-order valence-electron chi connectivity index (χ3n) is 3.89. The first-order valence-electron chi connectivity index (χ1n) is 9.23. The summed E-state index contributed by atoms with van der Waals surface area (Å²) in [5.41, 5.74) is 1.97. The molecule has 154 valence electrons. The van der Waals surface area contributed by atoms with E-state index < -0.39 is 0 Å². The minimum Gasteiger partial charge on any atom is -0.493 e. The van der Waals surface area contributed by atoms with Crippen molar-refractivity contribution in [3.05, 3.63) is 59.7 Å². The molecule has 0 atom stereocenters. The van der Waals surface area contributed by atoms with Crippen molar-refractivity contribution in [1.82, 2.24) is 10.6 Å². The molecule has 2 rings (SSSR count). The van der Waals surface area contributed by atoms with E-state index >= 15 is 0 Å². The Morgan fingerprint density at radius 2 is 1.75 bits per heavy atom. The maximum absolute atomic E-state index is 12.1. The minimum atomic E-state index is -0.289. The molecule has 0 saturated heterocycles. The number of ether oxygens (including phenoxy) is 2. The molecule has 28 heavy (non-hydrogen) atoms. The van der Waals surface area contributed by atoms with Crippen LogP contribution in [0.25, 0.3) is 0 Å². The number of amides is 1. The van der Waals surface area contributed by atoms with Crippen molar-refractivity contribution in [3.63, 3.8) is 0 Å². The van der Waals surface area contributed by atoms with Gasteiger partial charge in [-0.05, 0) is 45.4 Å². The van der Waals surface area contributed by atoms with E-state index in [1.54, 1.807) is 7.11 Å². The highest BCUT2D eigenvalue weighted by Crippen LogP contribution is 2.31. The van der Waals surface area contributed by atoms with Crippen molar-refractivity contribution in [2.24, 2.45) is 0 Å². The topological polar surface area (TPSA) is 59.6 Å². The van der Waals surface area contributed by atoms with Crippen LogP contribution in [-0.2, 0) is 17.8 Å². The summed E-state index contributed by atoms with van der Waals surface area (Å²) in [7, 11) is 1.60. The van der Waals surface area contributed by atoms with Gasteiger partial charge in [0.1, 0.15) is 0 Å². The molecule has 2 N–H and O–H groups in total. The Morgan fingerprint density at radius 1 is 1.04 bits per heavy atom. The number of nitrogens with one attached hydrogen (secondary N) is 2. The lowest BCUT2D eigenvalue weighted by Gasteiger charge is -2.21. The molecule has 0 spiro atoms. The van der Waals surface area contributed by atoms with Gasteiger partial charge in [-0.3, -0.25) is 4.79 Å². The number of hydrogen-bond donors (Lipinski definition) is 2. The summed E-state index contributed by atoms with van der Waals surface area (Å²) < 4.78 is 11.2. The number of halogens is 1. The van der Waals surface area contributed by atoms with Crippen LogP contribution in [0.3, 0.4) is 0 Å². The van der Waals surface area contributed by atoms with Gasteiger partial charge in [-0.15, -0.1) is 12.4 Å². The zero-order valence-corrected chi connectivity index (χ0v) is 17.9. The van der Waals surface area contributed by atoms with Gasteiger partial charge in [-0.25, -0.2) is 0 Å². The normalized spacial score (nSPS) is 10.7. The lowest BCUT2D eigenvalue weighted by molar-refractivity contribution is -0.124. The van der Waals surface area contributed by atoms with Gasteiger partial charge >= 0.3 is 0 Å². The van der Waals surface area contributed by atoms with E-state index in [1.807, 2.05) is 57.2 Å². The lowest BCUT2D eigenvalue weighted by Crippen LogP contribution is -2.43. The predicted molar refractivity (Wildman–Crippen MR) is 115 cm³/mol. The predicted octanol–water partition coefficient (Wildman–Crippen LogP) is 3.74.